The standard InChI is InChI=1S/C27H28ClFN6O3S/c1-26(8-2-5-17(28)11-26)39(37,38)35-15-20(19-7-4-10-30-25(19)35)23-31-14-21(29)24(34-23)33-18-6-3-9-27(12-18)13-22(36)32-16-27/h2,4-5,7,10-11,14-15,18H,3,6,8-9,12-13,16H2,1H3,(H,32,36)(H,31,33,34)/t18-,26?,27?/m0/s1. The molecule has 4 heterocycles. The first-order valence-corrected chi connectivity index (χ1v) is 14.7. The highest BCUT2D eigenvalue weighted by Gasteiger charge is 2.43. The van der Waals surface area contributed by atoms with Crippen LogP contribution in [0.25, 0.3) is 22.4 Å². The van der Waals surface area contributed by atoms with Gasteiger partial charge < -0.3 is 10.6 Å². The average molecular weight is 571 g/mol. The molecule has 0 radical (unpaired) electrons. The number of allylic oxidation sites excluding steroid dienone is 3. The molecule has 204 valence electrons. The number of halogens is 2. The molecule has 2 fully saturated rings. The van der Waals surface area contributed by atoms with Gasteiger partial charge in [0, 0.05) is 47.4 Å². The van der Waals surface area contributed by atoms with Gasteiger partial charge >= 0.3 is 0 Å². The molecule has 3 aromatic rings. The van der Waals surface area contributed by atoms with E-state index in [1.165, 1.54) is 18.5 Å². The number of nitrogens with one attached hydrogen (secondary N) is 2. The Labute approximate surface area is 230 Å². The van der Waals surface area contributed by atoms with Crippen molar-refractivity contribution in [2.75, 3.05) is 11.9 Å². The van der Waals surface area contributed by atoms with Crippen LogP contribution in [-0.2, 0) is 14.8 Å². The molecular formula is C27H28ClFN6O3S. The van der Waals surface area contributed by atoms with E-state index in [0.29, 0.717) is 28.9 Å². The van der Waals surface area contributed by atoms with E-state index in [1.54, 1.807) is 31.2 Å². The van der Waals surface area contributed by atoms with Gasteiger partial charge in [0.25, 0.3) is 0 Å². The third-order valence-electron chi connectivity index (χ3n) is 8.08. The number of hydrogen-bond donors (Lipinski definition) is 2. The fraction of sp³-hybridized carbons (Fsp3) is 0.407. The topological polar surface area (TPSA) is 119 Å². The van der Waals surface area contributed by atoms with Crippen LogP contribution in [0.2, 0.25) is 0 Å². The number of pyridine rings is 1. The van der Waals surface area contributed by atoms with Crippen LogP contribution in [-0.4, -0.2) is 50.6 Å². The Morgan fingerprint density at radius 3 is 2.92 bits per heavy atom. The summed E-state index contributed by atoms with van der Waals surface area (Å²) in [6.07, 6.45) is 13.2. The first-order chi connectivity index (χ1) is 18.6. The van der Waals surface area contributed by atoms with E-state index in [2.05, 4.69) is 25.6 Å². The Morgan fingerprint density at radius 1 is 1.31 bits per heavy atom. The lowest BCUT2D eigenvalue weighted by Crippen LogP contribution is -2.38. The lowest BCUT2D eigenvalue weighted by atomic mass is 9.71. The zero-order valence-electron chi connectivity index (χ0n) is 21.3. The maximum atomic E-state index is 14.9. The largest absolute Gasteiger partial charge is 0.365 e. The molecule has 12 heteroatoms. The summed E-state index contributed by atoms with van der Waals surface area (Å²) in [4.78, 5) is 24.9. The molecular weight excluding hydrogens is 543 g/mol. The number of rotatable bonds is 5. The van der Waals surface area contributed by atoms with Crippen molar-refractivity contribution in [3.63, 3.8) is 0 Å². The third kappa shape index (κ3) is 4.51. The third-order valence-corrected chi connectivity index (χ3v) is 10.6. The molecule has 0 aromatic carbocycles. The Kier molecular flexibility index (Phi) is 6.26. The smallest absolute Gasteiger partial charge is 0.249 e. The molecule has 9 nitrogen and oxygen atoms in total. The first-order valence-electron chi connectivity index (χ1n) is 12.9. The van der Waals surface area contributed by atoms with Gasteiger partial charge in [0.1, 0.15) is 4.75 Å². The molecule has 3 atom stereocenters. The molecule has 2 N–H and O–H groups in total. The Balaban J connectivity index is 1.37. The van der Waals surface area contributed by atoms with E-state index < -0.39 is 20.6 Å². The molecule has 6 rings (SSSR count). The highest BCUT2D eigenvalue weighted by molar-refractivity contribution is 7.91. The molecule has 2 unspecified atom stereocenters. The lowest BCUT2D eigenvalue weighted by Gasteiger charge is -2.37. The van der Waals surface area contributed by atoms with Gasteiger partial charge in [-0.3, -0.25) is 4.79 Å². The number of carbonyl (C=O) groups is 1. The number of anilines is 1. The normalized spacial score (nSPS) is 27.1. The van der Waals surface area contributed by atoms with Crippen LogP contribution in [0.1, 0.15) is 45.4 Å². The van der Waals surface area contributed by atoms with Crippen molar-refractivity contribution in [2.24, 2.45) is 5.41 Å². The Morgan fingerprint density at radius 2 is 2.15 bits per heavy atom. The van der Waals surface area contributed by atoms with E-state index in [0.717, 1.165) is 35.9 Å². The van der Waals surface area contributed by atoms with Gasteiger partial charge in [0.2, 0.25) is 15.9 Å². The van der Waals surface area contributed by atoms with Crippen LogP contribution >= 0.6 is 11.6 Å². The van der Waals surface area contributed by atoms with Crippen molar-refractivity contribution >= 4 is 44.4 Å². The van der Waals surface area contributed by atoms with Gasteiger partial charge in [-0.05, 0) is 62.3 Å². The van der Waals surface area contributed by atoms with Gasteiger partial charge in [-0.25, -0.2) is 31.7 Å². The highest BCUT2D eigenvalue weighted by Crippen LogP contribution is 2.42. The number of hydrogen-bond acceptors (Lipinski definition) is 7. The summed E-state index contributed by atoms with van der Waals surface area (Å²) in [7, 11) is -4.00. The van der Waals surface area contributed by atoms with Crippen LogP contribution in [0.3, 0.4) is 0 Å². The van der Waals surface area contributed by atoms with Crippen LogP contribution in [0, 0.1) is 11.2 Å². The summed E-state index contributed by atoms with van der Waals surface area (Å²) in [5, 5.41) is 7.03. The maximum Gasteiger partial charge on any atom is 0.249 e. The minimum atomic E-state index is -4.00. The predicted molar refractivity (Wildman–Crippen MR) is 147 cm³/mol. The van der Waals surface area contributed by atoms with Crippen molar-refractivity contribution in [1.82, 2.24) is 24.2 Å². The van der Waals surface area contributed by atoms with E-state index in [4.69, 9.17) is 11.6 Å². The predicted octanol–water partition coefficient (Wildman–Crippen LogP) is 4.51. The average Bonchev–Trinajstić information content (AvgIpc) is 3.46. The fourth-order valence-electron chi connectivity index (χ4n) is 6.04. The van der Waals surface area contributed by atoms with Gasteiger partial charge in [-0.2, -0.15) is 0 Å². The van der Waals surface area contributed by atoms with Crippen LogP contribution < -0.4 is 10.6 Å². The molecule has 1 spiro atoms. The number of fused-ring (bicyclic) bond motifs is 1. The maximum absolute atomic E-state index is 14.9. The molecule has 3 aromatic heterocycles. The number of aromatic nitrogens is 4. The molecule has 1 aliphatic heterocycles. The molecule has 0 bridgehead atoms. The monoisotopic (exact) mass is 570 g/mol. The first kappa shape index (κ1) is 25.9. The van der Waals surface area contributed by atoms with Crippen LogP contribution in [0.5, 0.6) is 0 Å². The summed E-state index contributed by atoms with van der Waals surface area (Å²) >= 11 is 6.18. The molecule has 1 saturated heterocycles. The van der Waals surface area contributed by atoms with E-state index in [-0.39, 0.29) is 41.1 Å². The van der Waals surface area contributed by atoms with Crippen molar-refractivity contribution in [3.8, 4) is 11.4 Å². The fourth-order valence-corrected chi connectivity index (χ4v) is 8.08. The van der Waals surface area contributed by atoms with Crippen molar-refractivity contribution in [1.29, 1.82) is 0 Å². The summed E-state index contributed by atoms with van der Waals surface area (Å²) < 4.78 is 42.5. The van der Waals surface area contributed by atoms with Gasteiger partial charge in [-0.1, -0.05) is 24.1 Å². The van der Waals surface area contributed by atoms with E-state index in [1.807, 2.05) is 0 Å². The second-order valence-electron chi connectivity index (χ2n) is 10.9. The molecule has 2 aliphatic carbocycles. The van der Waals surface area contributed by atoms with E-state index >= 15 is 0 Å². The van der Waals surface area contributed by atoms with Gasteiger partial charge in [-0.15, -0.1) is 0 Å². The second-order valence-corrected chi connectivity index (χ2v) is 13.7. The summed E-state index contributed by atoms with van der Waals surface area (Å²) in [5.74, 6) is -0.320. The Bertz CT molecular complexity index is 1650. The van der Waals surface area contributed by atoms with Gasteiger partial charge in [0.15, 0.2) is 23.1 Å². The molecule has 3 aliphatic rings. The van der Waals surface area contributed by atoms with E-state index in [9.17, 15) is 17.6 Å². The molecule has 1 amide bonds. The van der Waals surface area contributed by atoms with Crippen LogP contribution in [0.15, 0.2) is 54.0 Å². The minimum Gasteiger partial charge on any atom is -0.365 e. The zero-order chi connectivity index (χ0) is 27.4. The van der Waals surface area contributed by atoms with Crippen molar-refractivity contribution < 1.29 is 17.6 Å². The number of carbonyl (C=O) groups excluding carboxylic acids is 1. The quantitative estimate of drug-likeness (QED) is 0.463. The van der Waals surface area contributed by atoms with Crippen molar-refractivity contribution in [3.05, 3.63) is 59.8 Å². The second kappa shape index (κ2) is 9.41. The Hall–Kier alpha value is -3.31. The number of nitrogens with zero attached hydrogens (tertiary/aromatic N) is 4. The number of amides is 1. The lowest BCUT2D eigenvalue weighted by molar-refractivity contribution is -0.119. The minimum absolute atomic E-state index is 0.0473. The van der Waals surface area contributed by atoms with Gasteiger partial charge in [0.05, 0.1) is 6.20 Å². The summed E-state index contributed by atoms with van der Waals surface area (Å²) in [6.45, 7) is 2.25. The summed E-state index contributed by atoms with van der Waals surface area (Å²) in [6, 6.07) is 3.39. The molecule has 1 saturated carbocycles. The SMILES string of the molecule is CC1(S(=O)(=O)n2cc(-c3ncc(F)c(N[C@H]4CCCC5(CNC(=O)C5)C4)n3)c3cccnc32)C=C(Cl)C=CC1. The summed E-state index contributed by atoms with van der Waals surface area (Å²) in [5.41, 5.74) is 0.525. The zero-order valence-corrected chi connectivity index (χ0v) is 22.9. The van der Waals surface area contributed by atoms with Crippen LogP contribution in [0.4, 0.5) is 10.2 Å². The molecule has 39 heavy (non-hydrogen) atoms. The van der Waals surface area contributed by atoms with Crippen molar-refractivity contribution in [2.45, 2.75) is 56.2 Å². The highest BCUT2D eigenvalue weighted by atomic mass is 35.5.